The fourth-order valence-corrected chi connectivity index (χ4v) is 1.81. The summed E-state index contributed by atoms with van der Waals surface area (Å²) in [7, 11) is 0. The summed E-state index contributed by atoms with van der Waals surface area (Å²) in [4.78, 5) is 23.3. The zero-order valence-electron chi connectivity index (χ0n) is 10.8. The molecule has 20 heavy (non-hydrogen) atoms. The molecule has 0 saturated heterocycles. The molecule has 0 aliphatic carbocycles. The highest BCUT2D eigenvalue weighted by Crippen LogP contribution is 2.15. The Morgan fingerprint density at radius 1 is 1.05 bits per heavy atom. The molecular formula is C16H14N2O2. The van der Waals surface area contributed by atoms with Crippen LogP contribution in [0.1, 0.15) is 10.4 Å². The molecule has 2 amide bonds. The molecule has 4 nitrogen and oxygen atoms in total. The molecule has 2 rings (SSSR count). The second-order valence-electron chi connectivity index (χ2n) is 4.23. The highest BCUT2D eigenvalue weighted by molar-refractivity contribution is 5.99. The molecule has 0 aliphatic rings. The van der Waals surface area contributed by atoms with Crippen LogP contribution in [0.5, 0.6) is 0 Å². The Hall–Kier alpha value is -2.80. The summed E-state index contributed by atoms with van der Waals surface area (Å²) in [5.41, 5.74) is 0.522. The maximum Gasteiger partial charge on any atom is 0.251 e. The van der Waals surface area contributed by atoms with Gasteiger partial charge in [0.1, 0.15) is 0 Å². The fraction of sp³-hybridized carbons (Fsp3) is 0.125. The lowest BCUT2D eigenvalue weighted by atomic mass is 10.1. The molecule has 0 aliphatic heterocycles. The van der Waals surface area contributed by atoms with Gasteiger partial charge < -0.3 is 10.6 Å². The predicted molar refractivity (Wildman–Crippen MR) is 78.1 cm³/mol. The molecule has 0 atom stereocenters. The highest BCUT2D eigenvalue weighted by atomic mass is 16.2. The van der Waals surface area contributed by atoms with Gasteiger partial charge in [-0.25, -0.2) is 0 Å². The van der Waals surface area contributed by atoms with Crippen molar-refractivity contribution in [1.29, 1.82) is 0 Å². The number of carbonyl (C=O) groups excluding carboxylic acids is 2. The Morgan fingerprint density at radius 3 is 2.55 bits per heavy atom. The molecule has 100 valence electrons. The third-order valence-corrected chi connectivity index (χ3v) is 2.81. The van der Waals surface area contributed by atoms with Gasteiger partial charge in [0, 0.05) is 5.56 Å². The van der Waals surface area contributed by atoms with Gasteiger partial charge in [0.05, 0.1) is 13.1 Å². The Balaban J connectivity index is 2.01. The molecule has 0 aromatic heterocycles. The van der Waals surface area contributed by atoms with Gasteiger partial charge in [0.15, 0.2) is 0 Å². The van der Waals surface area contributed by atoms with E-state index < -0.39 is 0 Å². The van der Waals surface area contributed by atoms with Gasteiger partial charge in [0.25, 0.3) is 5.91 Å². The molecule has 4 heteroatoms. The summed E-state index contributed by atoms with van der Waals surface area (Å²) in [6.45, 7) is 0.0675. The number of hydrogen-bond donors (Lipinski definition) is 2. The van der Waals surface area contributed by atoms with Crippen LogP contribution in [0.4, 0.5) is 0 Å². The number of rotatable bonds is 4. The van der Waals surface area contributed by atoms with Crippen LogP contribution >= 0.6 is 0 Å². The van der Waals surface area contributed by atoms with Crippen LogP contribution in [-0.4, -0.2) is 24.9 Å². The Kier molecular flexibility index (Phi) is 4.35. The maximum absolute atomic E-state index is 11.9. The van der Waals surface area contributed by atoms with Crippen molar-refractivity contribution in [2.75, 3.05) is 13.1 Å². The second-order valence-corrected chi connectivity index (χ2v) is 4.23. The van der Waals surface area contributed by atoms with E-state index in [-0.39, 0.29) is 24.9 Å². The van der Waals surface area contributed by atoms with Crippen molar-refractivity contribution in [3.8, 4) is 12.3 Å². The number of benzene rings is 2. The van der Waals surface area contributed by atoms with Crippen LogP contribution in [0.25, 0.3) is 10.8 Å². The third kappa shape index (κ3) is 3.36. The van der Waals surface area contributed by atoms with Gasteiger partial charge in [-0.2, -0.15) is 0 Å². The van der Waals surface area contributed by atoms with Crippen molar-refractivity contribution in [2.24, 2.45) is 0 Å². The van der Waals surface area contributed by atoms with Crippen LogP contribution in [-0.2, 0) is 4.79 Å². The fourth-order valence-electron chi connectivity index (χ4n) is 1.81. The second kappa shape index (κ2) is 6.39. The minimum atomic E-state index is -0.308. The Bertz CT molecular complexity index is 686. The quantitative estimate of drug-likeness (QED) is 0.820. The molecule has 0 bridgehead atoms. The van der Waals surface area contributed by atoms with Crippen molar-refractivity contribution in [2.45, 2.75) is 0 Å². The zero-order valence-corrected chi connectivity index (χ0v) is 10.8. The van der Waals surface area contributed by atoms with E-state index in [1.165, 1.54) is 0 Å². The van der Waals surface area contributed by atoms with E-state index in [4.69, 9.17) is 6.42 Å². The van der Waals surface area contributed by atoms with Crippen molar-refractivity contribution in [1.82, 2.24) is 10.6 Å². The van der Waals surface area contributed by atoms with E-state index in [0.717, 1.165) is 10.8 Å². The minimum absolute atomic E-state index is 0.0899. The maximum atomic E-state index is 11.9. The summed E-state index contributed by atoms with van der Waals surface area (Å²) in [5.74, 6) is 1.70. The topological polar surface area (TPSA) is 58.2 Å². The predicted octanol–water partition coefficient (Wildman–Crippen LogP) is 1.32. The molecule has 0 saturated carbocycles. The van der Waals surface area contributed by atoms with Gasteiger partial charge >= 0.3 is 0 Å². The number of amides is 2. The zero-order chi connectivity index (χ0) is 14.4. The van der Waals surface area contributed by atoms with E-state index in [2.05, 4.69) is 16.6 Å². The normalized spacial score (nSPS) is 9.75. The van der Waals surface area contributed by atoms with Crippen molar-refractivity contribution in [3.05, 3.63) is 48.0 Å². The lowest BCUT2D eigenvalue weighted by molar-refractivity contribution is -0.119. The molecule has 2 aromatic carbocycles. The van der Waals surface area contributed by atoms with Gasteiger partial charge in [-0.15, -0.1) is 6.42 Å². The van der Waals surface area contributed by atoms with Crippen molar-refractivity contribution in [3.63, 3.8) is 0 Å². The van der Waals surface area contributed by atoms with Crippen LogP contribution in [0.3, 0.4) is 0 Å². The molecule has 0 spiro atoms. The smallest absolute Gasteiger partial charge is 0.251 e. The summed E-state index contributed by atoms with van der Waals surface area (Å²) < 4.78 is 0. The molecule has 0 unspecified atom stereocenters. The van der Waals surface area contributed by atoms with E-state index in [1.807, 2.05) is 30.3 Å². The van der Waals surface area contributed by atoms with Crippen LogP contribution in [0.15, 0.2) is 42.5 Å². The molecule has 2 N–H and O–H groups in total. The van der Waals surface area contributed by atoms with Crippen LogP contribution < -0.4 is 10.6 Å². The standard InChI is InChI=1S/C16H14N2O2/c1-2-9-17-15(19)11-18-16(20)14-8-7-12-5-3-4-6-13(12)10-14/h1,3-8,10H,9,11H2,(H,17,19)(H,18,20). The number of fused-ring (bicyclic) bond motifs is 1. The van der Waals surface area contributed by atoms with Gasteiger partial charge in [-0.05, 0) is 22.9 Å². The third-order valence-electron chi connectivity index (χ3n) is 2.81. The molecule has 2 aromatic rings. The molecule has 0 fully saturated rings. The SMILES string of the molecule is C#CCNC(=O)CNC(=O)c1ccc2ccccc2c1. The first-order valence-corrected chi connectivity index (χ1v) is 6.18. The average molecular weight is 266 g/mol. The van der Waals surface area contributed by atoms with Gasteiger partial charge in [-0.1, -0.05) is 36.3 Å². The largest absolute Gasteiger partial charge is 0.344 e. The average Bonchev–Trinajstić information content (AvgIpc) is 2.50. The first-order chi connectivity index (χ1) is 9.70. The summed E-state index contributed by atoms with van der Waals surface area (Å²) >= 11 is 0. The Morgan fingerprint density at radius 2 is 1.80 bits per heavy atom. The lowest BCUT2D eigenvalue weighted by Gasteiger charge is -2.06. The van der Waals surface area contributed by atoms with E-state index >= 15 is 0 Å². The molecule has 0 heterocycles. The lowest BCUT2D eigenvalue weighted by Crippen LogP contribution is -2.37. The number of terminal acetylenes is 1. The van der Waals surface area contributed by atoms with Crippen molar-refractivity contribution < 1.29 is 9.59 Å². The summed E-state index contributed by atoms with van der Waals surface area (Å²) in [6, 6.07) is 13.2. The molecular weight excluding hydrogens is 252 g/mol. The molecule has 0 radical (unpaired) electrons. The first kappa shape index (κ1) is 13.6. The van der Waals surface area contributed by atoms with E-state index in [1.54, 1.807) is 12.1 Å². The summed E-state index contributed by atoms with van der Waals surface area (Å²) in [5, 5.41) is 7.08. The van der Waals surface area contributed by atoms with Crippen LogP contribution in [0, 0.1) is 12.3 Å². The van der Waals surface area contributed by atoms with E-state index in [9.17, 15) is 9.59 Å². The number of nitrogens with one attached hydrogen (secondary N) is 2. The number of hydrogen-bond acceptors (Lipinski definition) is 2. The minimum Gasteiger partial charge on any atom is -0.344 e. The highest BCUT2D eigenvalue weighted by Gasteiger charge is 2.08. The Labute approximate surface area is 117 Å². The van der Waals surface area contributed by atoms with Crippen LogP contribution in [0.2, 0.25) is 0 Å². The first-order valence-electron chi connectivity index (χ1n) is 6.18. The van der Waals surface area contributed by atoms with Crippen molar-refractivity contribution >= 4 is 22.6 Å². The van der Waals surface area contributed by atoms with E-state index in [0.29, 0.717) is 5.56 Å². The van der Waals surface area contributed by atoms with Gasteiger partial charge in [-0.3, -0.25) is 9.59 Å². The van der Waals surface area contributed by atoms with Gasteiger partial charge in [0.2, 0.25) is 5.91 Å². The monoisotopic (exact) mass is 266 g/mol. The summed E-state index contributed by atoms with van der Waals surface area (Å²) in [6.07, 6.45) is 5.02. The number of carbonyl (C=O) groups is 2.